The fraction of sp³-hybridized carbons (Fsp3) is 0.111. The number of aromatic nitrogens is 1. The van der Waals surface area contributed by atoms with Crippen LogP contribution in [-0.2, 0) is 11.3 Å². The zero-order chi connectivity index (χ0) is 15.4. The summed E-state index contributed by atoms with van der Waals surface area (Å²) in [7, 11) is 1.80. The van der Waals surface area contributed by atoms with Crippen LogP contribution in [0.25, 0.3) is 16.3 Å². The van der Waals surface area contributed by atoms with Crippen LogP contribution in [-0.4, -0.2) is 22.8 Å². The van der Waals surface area contributed by atoms with E-state index >= 15 is 0 Å². The molecule has 0 aliphatic heterocycles. The van der Waals surface area contributed by atoms with Crippen LogP contribution in [0.3, 0.4) is 0 Å². The quantitative estimate of drug-likeness (QED) is 0.683. The molecule has 0 unspecified atom stereocenters. The van der Waals surface area contributed by atoms with Gasteiger partial charge in [0.15, 0.2) is 0 Å². The van der Waals surface area contributed by atoms with Crippen molar-refractivity contribution in [1.82, 2.24) is 9.88 Å². The summed E-state index contributed by atoms with van der Waals surface area (Å²) >= 11 is 1.59. The maximum atomic E-state index is 12.2. The van der Waals surface area contributed by atoms with Crippen molar-refractivity contribution in [1.29, 1.82) is 0 Å². The highest BCUT2D eigenvalue weighted by Gasteiger charge is 2.06. The van der Waals surface area contributed by atoms with E-state index in [1.165, 1.54) is 0 Å². The molecule has 3 aromatic rings. The SMILES string of the molecule is CN(Cc1ccccc1)C(=O)/C=C/c1nc2ccccc2s1. The van der Waals surface area contributed by atoms with E-state index in [0.717, 1.165) is 20.8 Å². The number of hydrogen-bond acceptors (Lipinski definition) is 3. The van der Waals surface area contributed by atoms with Crippen LogP contribution in [0.15, 0.2) is 60.7 Å². The molecule has 1 aromatic heterocycles. The molecular weight excluding hydrogens is 292 g/mol. The van der Waals surface area contributed by atoms with Crippen LogP contribution in [0, 0.1) is 0 Å². The highest BCUT2D eigenvalue weighted by Crippen LogP contribution is 2.22. The molecule has 0 aliphatic carbocycles. The predicted molar refractivity (Wildman–Crippen MR) is 91.6 cm³/mol. The largest absolute Gasteiger partial charge is 0.338 e. The van der Waals surface area contributed by atoms with Gasteiger partial charge in [-0.1, -0.05) is 42.5 Å². The van der Waals surface area contributed by atoms with Crippen LogP contribution in [0.1, 0.15) is 10.6 Å². The maximum absolute atomic E-state index is 12.2. The minimum absolute atomic E-state index is 0.0249. The molecule has 2 aromatic carbocycles. The number of carbonyl (C=O) groups is 1. The Morgan fingerprint density at radius 2 is 1.86 bits per heavy atom. The third-order valence-electron chi connectivity index (χ3n) is 3.32. The third kappa shape index (κ3) is 3.40. The van der Waals surface area contributed by atoms with E-state index in [4.69, 9.17) is 0 Å². The van der Waals surface area contributed by atoms with E-state index in [1.54, 1.807) is 35.4 Å². The summed E-state index contributed by atoms with van der Waals surface area (Å²) in [6.45, 7) is 0.601. The van der Waals surface area contributed by atoms with Gasteiger partial charge in [-0.2, -0.15) is 0 Å². The smallest absolute Gasteiger partial charge is 0.246 e. The Balaban J connectivity index is 1.67. The molecule has 110 valence electrons. The second kappa shape index (κ2) is 6.54. The molecule has 1 heterocycles. The highest BCUT2D eigenvalue weighted by atomic mass is 32.1. The summed E-state index contributed by atoms with van der Waals surface area (Å²) in [5, 5.41) is 0.850. The molecule has 0 spiro atoms. The number of likely N-dealkylation sites (N-methyl/N-ethyl adjacent to an activating group) is 1. The van der Waals surface area contributed by atoms with Crippen molar-refractivity contribution in [3.8, 4) is 0 Å². The maximum Gasteiger partial charge on any atom is 0.246 e. The summed E-state index contributed by atoms with van der Waals surface area (Å²) < 4.78 is 1.13. The lowest BCUT2D eigenvalue weighted by Crippen LogP contribution is -2.23. The monoisotopic (exact) mass is 308 g/mol. The van der Waals surface area contributed by atoms with E-state index in [9.17, 15) is 4.79 Å². The summed E-state index contributed by atoms with van der Waals surface area (Å²) in [6.07, 6.45) is 3.37. The van der Waals surface area contributed by atoms with Gasteiger partial charge >= 0.3 is 0 Å². The molecule has 0 saturated heterocycles. The first-order valence-corrected chi connectivity index (χ1v) is 7.87. The van der Waals surface area contributed by atoms with Gasteiger partial charge in [0.25, 0.3) is 0 Å². The van der Waals surface area contributed by atoms with Crippen molar-refractivity contribution in [2.45, 2.75) is 6.54 Å². The predicted octanol–water partition coefficient (Wildman–Crippen LogP) is 3.97. The van der Waals surface area contributed by atoms with Gasteiger partial charge in [-0.25, -0.2) is 4.98 Å². The lowest BCUT2D eigenvalue weighted by molar-refractivity contribution is -0.125. The first-order valence-electron chi connectivity index (χ1n) is 7.05. The molecule has 1 amide bonds. The fourth-order valence-corrected chi connectivity index (χ4v) is 3.04. The Morgan fingerprint density at radius 3 is 2.64 bits per heavy atom. The Hall–Kier alpha value is -2.46. The molecule has 0 saturated carbocycles. The Morgan fingerprint density at radius 1 is 1.14 bits per heavy atom. The lowest BCUT2D eigenvalue weighted by atomic mass is 10.2. The van der Waals surface area contributed by atoms with Crippen molar-refractivity contribution in [3.05, 3.63) is 71.2 Å². The van der Waals surface area contributed by atoms with Gasteiger partial charge in [0.1, 0.15) is 5.01 Å². The lowest BCUT2D eigenvalue weighted by Gasteiger charge is -2.14. The molecule has 3 nitrogen and oxygen atoms in total. The number of hydrogen-bond donors (Lipinski definition) is 0. The average molecular weight is 308 g/mol. The van der Waals surface area contributed by atoms with Crippen molar-refractivity contribution < 1.29 is 4.79 Å². The van der Waals surface area contributed by atoms with Crippen molar-refractivity contribution in [2.24, 2.45) is 0 Å². The molecule has 4 heteroatoms. The standard InChI is InChI=1S/C18H16N2OS/c1-20(13-14-7-3-2-4-8-14)18(21)12-11-17-19-15-9-5-6-10-16(15)22-17/h2-12H,13H2,1H3/b12-11+. The van der Waals surface area contributed by atoms with Gasteiger partial charge in [0, 0.05) is 19.7 Å². The first kappa shape index (κ1) is 14.5. The number of carbonyl (C=O) groups excluding carboxylic acids is 1. The Labute approximate surface area is 133 Å². The van der Waals surface area contributed by atoms with Gasteiger partial charge in [-0.15, -0.1) is 11.3 Å². The topological polar surface area (TPSA) is 33.2 Å². The summed E-state index contributed by atoms with van der Waals surface area (Å²) in [5.74, 6) is -0.0249. The van der Waals surface area contributed by atoms with Crippen LogP contribution in [0.4, 0.5) is 0 Å². The van der Waals surface area contributed by atoms with Gasteiger partial charge < -0.3 is 4.90 Å². The molecular formula is C18H16N2OS. The van der Waals surface area contributed by atoms with E-state index < -0.39 is 0 Å². The second-order valence-corrected chi connectivity index (χ2v) is 6.10. The molecule has 0 radical (unpaired) electrons. The van der Waals surface area contributed by atoms with E-state index in [-0.39, 0.29) is 5.91 Å². The van der Waals surface area contributed by atoms with Crippen LogP contribution >= 0.6 is 11.3 Å². The number of fused-ring (bicyclic) bond motifs is 1. The summed E-state index contributed by atoms with van der Waals surface area (Å²) in [6, 6.07) is 17.9. The van der Waals surface area contributed by atoms with Crippen molar-refractivity contribution >= 4 is 33.5 Å². The third-order valence-corrected chi connectivity index (χ3v) is 4.32. The normalized spacial score (nSPS) is 11.1. The van der Waals surface area contributed by atoms with Crippen LogP contribution < -0.4 is 0 Å². The zero-order valence-electron chi connectivity index (χ0n) is 12.3. The highest BCUT2D eigenvalue weighted by molar-refractivity contribution is 7.19. The average Bonchev–Trinajstić information content (AvgIpc) is 2.96. The molecule has 0 bridgehead atoms. The van der Waals surface area contributed by atoms with Crippen LogP contribution in [0.5, 0.6) is 0 Å². The number of nitrogens with zero attached hydrogens (tertiary/aromatic N) is 2. The molecule has 3 rings (SSSR count). The number of rotatable bonds is 4. The number of para-hydroxylation sites is 1. The molecule has 22 heavy (non-hydrogen) atoms. The van der Waals surface area contributed by atoms with Crippen molar-refractivity contribution in [3.63, 3.8) is 0 Å². The summed E-state index contributed by atoms with van der Waals surface area (Å²) in [5.41, 5.74) is 2.09. The number of benzene rings is 2. The minimum Gasteiger partial charge on any atom is -0.338 e. The van der Waals surface area contributed by atoms with Crippen LogP contribution in [0.2, 0.25) is 0 Å². The Kier molecular flexibility index (Phi) is 4.30. The van der Waals surface area contributed by atoms with Crippen molar-refractivity contribution in [2.75, 3.05) is 7.05 Å². The van der Waals surface area contributed by atoms with E-state index in [2.05, 4.69) is 4.98 Å². The fourth-order valence-electron chi connectivity index (χ4n) is 2.17. The van der Waals surface area contributed by atoms with E-state index in [1.807, 2.05) is 54.6 Å². The van der Waals surface area contributed by atoms with Gasteiger partial charge in [0.2, 0.25) is 5.91 Å². The summed E-state index contributed by atoms with van der Waals surface area (Å²) in [4.78, 5) is 18.3. The number of amides is 1. The number of thiazole rings is 1. The molecule has 0 N–H and O–H groups in total. The molecule has 0 atom stereocenters. The first-order chi connectivity index (χ1) is 10.7. The van der Waals surface area contributed by atoms with Gasteiger partial charge in [-0.3, -0.25) is 4.79 Å². The zero-order valence-corrected chi connectivity index (χ0v) is 13.1. The minimum atomic E-state index is -0.0249. The van der Waals surface area contributed by atoms with Gasteiger partial charge in [0.05, 0.1) is 10.2 Å². The molecule has 0 fully saturated rings. The van der Waals surface area contributed by atoms with Gasteiger partial charge in [-0.05, 0) is 23.8 Å². The Bertz CT molecular complexity index is 775. The van der Waals surface area contributed by atoms with E-state index in [0.29, 0.717) is 6.54 Å². The second-order valence-electron chi connectivity index (χ2n) is 5.03. The molecule has 0 aliphatic rings.